The SMILES string of the molecule is Cc1c(-c2ccc(N3CCc4cccc(C(=O)Nc5nc6ccccc6s5)c4C3)nc2C(=O)O)cnn1CC12CC3(C)CC(C)(C1)CC(OCCNC(CCC(=O)O)C1CCN(C(=O)OCc4ccc(O[C@@H]5O[C@H](C(=O)O)C(O)[C@H](O)[C@H]5O)cc4OCCOCCN)CC1)(C3)C2. The lowest BCUT2D eigenvalue weighted by Gasteiger charge is -2.69. The van der Waals surface area contributed by atoms with Crippen LogP contribution in [0, 0.1) is 29.1 Å². The standard InChI is InChI=1S/C69H85N9O17S/c1-40-47(45-13-15-53(74-55(45)61(85)86)77-24-17-41-7-6-8-46(48(41)31-77)60(84)75-64-73-50-9-4-5-10-52(50)96-64)30-72-78(40)39-68-34-66(2)33-67(3,35-68)37-69(36-66,38-68)93-26-21-71-49(14-16-54(79)80)42-18-22-76(23-19-42)65(89)92-32-43-11-12-44(29-51(43)91-28-27-90-25-20-70)94-63-58(83)56(81)57(82)59(95-63)62(87)88/h4-13,15,29-30,42,49,56-59,63,71,81-83H,14,16-28,31-39,70H2,1-3H3,(H,79,80)(H,85,86)(H,87,88)(H,73,75,84)/t49?,56-,57?,58+,59-,63+,66?,67?,68?,69?/m0/s1. The van der Waals surface area contributed by atoms with E-state index in [0.717, 1.165) is 65.6 Å². The summed E-state index contributed by atoms with van der Waals surface area (Å²) in [5, 5.41) is 73.3. The number of anilines is 2. The van der Waals surface area contributed by atoms with E-state index in [4.69, 9.17) is 44.2 Å². The number of para-hydroxylation sites is 1. The smallest absolute Gasteiger partial charge is 0.410 e. The maximum atomic E-state index is 13.8. The van der Waals surface area contributed by atoms with Gasteiger partial charge < -0.3 is 79.9 Å². The van der Waals surface area contributed by atoms with E-state index in [-0.39, 0.29) is 77.5 Å². The number of fused-ring (bicyclic) bond motifs is 2. The number of pyridine rings is 1. The Labute approximate surface area is 559 Å². The Morgan fingerprint density at radius 3 is 2.35 bits per heavy atom. The molecule has 2 amide bonds. The minimum atomic E-state index is -1.90. The summed E-state index contributed by atoms with van der Waals surface area (Å²) in [5.74, 6) is -3.03. The van der Waals surface area contributed by atoms with Gasteiger partial charge >= 0.3 is 24.0 Å². The molecule has 514 valence electrons. The molecule has 96 heavy (non-hydrogen) atoms. The highest BCUT2D eigenvalue weighted by molar-refractivity contribution is 7.22. The van der Waals surface area contributed by atoms with Crippen molar-refractivity contribution in [3.8, 4) is 22.6 Å². The number of nitrogens with one attached hydrogen (secondary N) is 2. The van der Waals surface area contributed by atoms with Crippen molar-refractivity contribution in [3.05, 3.63) is 113 Å². The summed E-state index contributed by atoms with van der Waals surface area (Å²) < 4.78 is 38.4. The number of piperidine rings is 1. The molecule has 27 heteroatoms. The predicted molar refractivity (Wildman–Crippen MR) is 351 cm³/mol. The van der Waals surface area contributed by atoms with Gasteiger partial charge in [0.2, 0.25) is 6.29 Å². The quantitative estimate of drug-likeness (QED) is 0.0234. The molecule has 4 unspecified atom stereocenters. The maximum absolute atomic E-state index is 13.8. The largest absolute Gasteiger partial charge is 0.491 e. The summed E-state index contributed by atoms with van der Waals surface area (Å²) in [7, 11) is 0. The zero-order valence-corrected chi connectivity index (χ0v) is 55.0. The zero-order valence-electron chi connectivity index (χ0n) is 54.2. The molecule has 10 N–H and O–H groups in total. The average molecular weight is 1340 g/mol. The molecule has 6 aromatic rings. The molecule has 26 nitrogen and oxygen atoms in total. The molecule has 3 aromatic carbocycles. The predicted octanol–water partition coefficient (Wildman–Crippen LogP) is 7.01. The van der Waals surface area contributed by atoms with Crippen molar-refractivity contribution >= 4 is 62.4 Å². The van der Waals surface area contributed by atoms with Crippen LogP contribution in [0.1, 0.15) is 121 Å². The number of benzene rings is 3. The molecule has 6 heterocycles. The van der Waals surface area contributed by atoms with Crippen LogP contribution in [0.5, 0.6) is 11.5 Å². The molecule has 3 aliphatic heterocycles. The third-order valence-corrected chi connectivity index (χ3v) is 21.1. The minimum Gasteiger partial charge on any atom is -0.491 e. The van der Waals surface area contributed by atoms with Gasteiger partial charge in [-0.15, -0.1) is 0 Å². The van der Waals surface area contributed by atoms with Crippen LogP contribution in [-0.4, -0.2) is 187 Å². The highest BCUT2D eigenvalue weighted by Gasteiger charge is 2.66. The highest BCUT2D eigenvalue weighted by Crippen LogP contribution is 2.72. The van der Waals surface area contributed by atoms with Gasteiger partial charge in [-0.1, -0.05) is 49.4 Å². The number of thiazole rings is 1. The molecular weight excluding hydrogens is 1260 g/mol. The summed E-state index contributed by atoms with van der Waals surface area (Å²) in [6.07, 6.45) is 0.0862. The molecule has 4 aliphatic carbocycles. The van der Waals surface area contributed by atoms with E-state index < -0.39 is 60.3 Å². The summed E-state index contributed by atoms with van der Waals surface area (Å²) in [6.45, 7) is 10.7. The Hall–Kier alpha value is -7.86. The van der Waals surface area contributed by atoms with Gasteiger partial charge in [-0.3, -0.25) is 19.6 Å². The van der Waals surface area contributed by atoms with Crippen molar-refractivity contribution in [3.63, 3.8) is 0 Å². The molecule has 4 bridgehead atoms. The number of aromatic carboxylic acids is 1. The summed E-state index contributed by atoms with van der Waals surface area (Å²) in [5.41, 5.74) is 10.7. The van der Waals surface area contributed by atoms with Crippen molar-refractivity contribution in [2.24, 2.45) is 27.9 Å². The number of aliphatic carboxylic acids is 2. The van der Waals surface area contributed by atoms with Gasteiger partial charge in [0.15, 0.2) is 16.9 Å². The minimum absolute atomic E-state index is 0.0200. The molecule has 7 aliphatic rings. The normalized spacial score (nSPS) is 26.5. The Kier molecular flexibility index (Phi) is 20.1. The first-order valence-corrected chi connectivity index (χ1v) is 33.8. The van der Waals surface area contributed by atoms with Gasteiger partial charge in [-0.2, -0.15) is 5.10 Å². The molecule has 8 atom stereocenters. The Balaban J connectivity index is 0.659. The van der Waals surface area contributed by atoms with Crippen molar-refractivity contribution in [2.75, 3.05) is 69.4 Å². The molecular formula is C69H85N9O17S. The number of carboxylic acids is 3. The third kappa shape index (κ3) is 14.8. The summed E-state index contributed by atoms with van der Waals surface area (Å²) in [6, 6.07) is 21.4. The van der Waals surface area contributed by atoms with Gasteiger partial charge in [0.25, 0.3) is 5.91 Å². The molecule has 0 spiro atoms. The molecule has 13 rings (SSSR count). The number of carbonyl (C=O) groups is 5. The fourth-order valence-electron chi connectivity index (χ4n) is 17.0. The van der Waals surface area contributed by atoms with Crippen molar-refractivity contribution < 1.29 is 83.0 Å². The molecule has 4 saturated carbocycles. The number of aromatic nitrogens is 4. The number of likely N-dealkylation sites (tertiary alicyclic amines) is 1. The van der Waals surface area contributed by atoms with Gasteiger partial charge in [0.1, 0.15) is 48.8 Å². The van der Waals surface area contributed by atoms with Crippen LogP contribution in [-0.2, 0) is 54.7 Å². The number of amides is 2. The van der Waals surface area contributed by atoms with Crippen LogP contribution < -0.4 is 30.7 Å². The molecule has 0 radical (unpaired) electrons. The molecule has 3 aromatic heterocycles. The average Bonchev–Trinajstić information content (AvgIpc) is 0.736. The van der Waals surface area contributed by atoms with Crippen molar-refractivity contribution in [1.82, 2.24) is 30.0 Å². The second kappa shape index (κ2) is 28.3. The van der Waals surface area contributed by atoms with Gasteiger partial charge in [-0.05, 0) is 147 Å². The van der Waals surface area contributed by atoms with Gasteiger partial charge in [0.05, 0.1) is 41.8 Å². The number of aliphatic hydroxyl groups is 3. The van der Waals surface area contributed by atoms with E-state index in [2.05, 4.69) is 29.5 Å². The van der Waals surface area contributed by atoms with E-state index in [9.17, 15) is 54.6 Å². The van der Waals surface area contributed by atoms with Crippen LogP contribution >= 0.6 is 11.3 Å². The van der Waals surface area contributed by atoms with E-state index in [1.165, 1.54) is 23.5 Å². The van der Waals surface area contributed by atoms with Crippen LogP contribution in [0.3, 0.4) is 0 Å². The number of hydrogen-bond donors (Lipinski definition) is 9. The summed E-state index contributed by atoms with van der Waals surface area (Å²) in [4.78, 5) is 77.4. The monoisotopic (exact) mass is 1340 g/mol. The first-order valence-electron chi connectivity index (χ1n) is 32.9. The fraction of sp³-hybridized carbons (Fsp3) is 0.536. The number of nitrogens with two attached hydrogens (primary N) is 1. The number of carboxylic acid groups (broad SMARTS) is 3. The number of hydrogen-bond acceptors (Lipinski definition) is 21. The van der Waals surface area contributed by atoms with E-state index in [0.29, 0.717) is 118 Å². The van der Waals surface area contributed by atoms with Crippen molar-refractivity contribution in [1.29, 1.82) is 0 Å². The first-order chi connectivity index (χ1) is 46.0. The highest BCUT2D eigenvalue weighted by atomic mass is 32.1. The lowest BCUT2D eigenvalue weighted by atomic mass is 9.39. The summed E-state index contributed by atoms with van der Waals surface area (Å²) >= 11 is 1.41. The zero-order chi connectivity index (χ0) is 67.7. The van der Waals surface area contributed by atoms with Gasteiger partial charge in [0, 0.05) is 92.3 Å². The molecule has 6 fully saturated rings. The van der Waals surface area contributed by atoms with E-state index in [1.54, 1.807) is 17.2 Å². The van der Waals surface area contributed by atoms with E-state index in [1.807, 2.05) is 71.1 Å². The second-order valence-corrected chi connectivity index (χ2v) is 28.7. The fourth-order valence-corrected chi connectivity index (χ4v) is 17.8. The molecule has 2 saturated heterocycles. The lowest BCUT2D eigenvalue weighted by Crippen LogP contribution is -2.64. The number of rotatable bonds is 27. The first kappa shape index (κ1) is 68.1. The van der Waals surface area contributed by atoms with Crippen LogP contribution in [0.25, 0.3) is 21.3 Å². The van der Waals surface area contributed by atoms with Gasteiger partial charge in [-0.25, -0.2) is 24.4 Å². The Bertz CT molecular complexity index is 3800. The number of aliphatic hydroxyl groups excluding tert-OH is 3. The van der Waals surface area contributed by atoms with E-state index >= 15 is 0 Å². The number of nitrogens with zero attached hydrogens (tertiary/aromatic N) is 6. The Morgan fingerprint density at radius 2 is 1.61 bits per heavy atom. The maximum Gasteiger partial charge on any atom is 0.410 e. The topological polar surface area (TPSA) is 362 Å². The number of ether oxygens (including phenoxy) is 6. The van der Waals surface area contributed by atoms with Crippen LogP contribution in [0.15, 0.2) is 79.0 Å². The lowest BCUT2D eigenvalue weighted by molar-refractivity contribution is -0.271. The van der Waals surface area contributed by atoms with Crippen molar-refractivity contribution in [2.45, 2.75) is 153 Å². The third-order valence-electron chi connectivity index (χ3n) is 20.1. The number of carbonyl (C=O) groups excluding carboxylic acids is 2. The Morgan fingerprint density at radius 1 is 0.833 bits per heavy atom. The van der Waals surface area contributed by atoms with Crippen LogP contribution in [0.2, 0.25) is 0 Å². The van der Waals surface area contributed by atoms with Crippen LogP contribution in [0.4, 0.5) is 15.7 Å². The second-order valence-electron chi connectivity index (χ2n) is 27.7.